The van der Waals surface area contributed by atoms with E-state index >= 15 is 0 Å². The zero-order chi connectivity index (χ0) is 19.4. The Labute approximate surface area is 158 Å². The number of aromatic nitrogens is 3. The van der Waals surface area contributed by atoms with Gasteiger partial charge in [-0.3, -0.25) is 9.48 Å². The number of carbonyl (C=O) groups excluding carboxylic acids is 1. The maximum Gasteiger partial charge on any atom is 0.279 e. The molecule has 0 atom stereocenters. The van der Waals surface area contributed by atoms with Crippen LogP contribution in [0.5, 0.6) is 5.75 Å². The standard InChI is InChI=1S/C20H24N4O3/c1-5-10-24-14(3)11-18(22-24)21-20(25)19-17(15(4)27-23-19)12-26-16-8-6-13(2)7-9-16/h6-9,11H,5,10,12H2,1-4H3,(H,21,22,25). The fraction of sp³-hybridized carbons (Fsp3) is 0.350. The average molecular weight is 368 g/mol. The van der Waals surface area contributed by atoms with E-state index in [-0.39, 0.29) is 18.2 Å². The van der Waals surface area contributed by atoms with E-state index in [2.05, 4.69) is 22.5 Å². The number of nitrogens with one attached hydrogen (secondary N) is 1. The van der Waals surface area contributed by atoms with Gasteiger partial charge in [-0.25, -0.2) is 0 Å². The van der Waals surface area contributed by atoms with Crippen LogP contribution in [0.2, 0.25) is 0 Å². The normalized spacial score (nSPS) is 10.8. The highest BCUT2D eigenvalue weighted by Gasteiger charge is 2.21. The summed E-state index contributed by atoms with van der Waals surface area (Å²) in [5.74, 6) is 1.41. The average Bonchev–Trinajstić information content (AvgIpc) is 3.17. The molecule has 0 spiro atoms. The van der Waals surface area contributed by atoms with Crippen molar-refractivity contribution in [2.24, 2.45) is 0 Å². The fourth-order valence-corrected chi connectivity index (χ4v) is 2.71. The number of carbonyl (C=O) groups is 1. The van der Waals surface area contributed by atoms with Gasteiger partial charge in [-0.15, -0.1) is 0 Å². The molecule has 0 unspecified atom stereocenters. The monoisotopic (exact) mass is 368 g/mol. The van der Waals surface area contributed by atoms with E-state index in [0.29, 0.717) is 17.1 Å². The molecule has 142 valence electrons. The molecule has 7 nitrogen and oxygen atoms in total. The molecule has 0 saturated carbocycles. The Morgan fingerprint density at radius 2 is 1.96 bits per heavy atom. The van der Waals surface area contributed by atoms with Gasteiger partial charge in [0.25, 0.3) is 5.91 Å². The van der Waals surface area contributed by atoms with Gasteiger partial charge in [0.2, 0.25) is 0 Å². The Bertz CT molecular complexity index is 925. The highest BCUT2D eigenvalue weighted by molar-refractivity contribution is 6.03. The lowest BCUT2D eigenvalue weighted by Gasteiger charge is -2.07. The fourth-order valence-electron chi connectivity index (χ4n) is 2.71. The molecule has 2 heterocycles. The van der Waals surface area contributed by atoms with Gasteiger partial charge in [0, 0.05) is 18.3 Å². The predicted octanol–water partition coefficient (Wildman–Crippen LogP) is 4.04. The Balaban J connectivity index is 1.72. The number of anilines is 1. The first kappa shape index (κ1) is 18.7. The van der Waals surface area contributed by atoms with Crippen molar-refractivity contribution in [2.45, 2.75) is 47.3 Å². The molecule has 2 aromatic heterocycles. The molecular weight excluding hydrogens is 344 g/mol. The van der Waals surface area contributed by atoms with Crippen molar-refractivity contribution in [3.63, 3.8) is 0 Å². The quantitative estimate of drug-likeness (QED) is 0.681. The Morgan fingerprint density at radius 3 is 2.67 bits per heavy atom. The summed E-state index contributed by atoms with van der Waals surface area (Å²) in [4.78, 5) is 12.6. The topological polar surface area (TPSA) is 82.2 Å². The van der Waals surface area contributed by atoms with Gasteiger partial charge in [0.1, 0.15) is 18.1 Å². The molecule has 1 aromatic carbocycles. The lowest BCUT2D eigenvalue weighted by molar-refractivity contribution is 0.101. The summed E-state index contributed by atoms with van der Waals surface area (Å²) < 4.78 is 12.9. The summed E-state index contributed by atoms with van der Waals surface area (Å²) in [6, 6.07) is 9.56. The molecule has 0 bridgehead atoms. The summed E-state index contributed by atoms with van der Waals surface area (Å²) in [5.41, 5.74) is 2.98. The highest BCUT2D eigenvalue weighted by atomic mass is 16.5. The van der Waals surface area contributed by atoms with Crippen molar-refractivity contribution in [1.29, 1.82) is 0 Å². The molecule has 0 radical (unpaired) electrons. The van der Waals surface area contributed by atoms with Crippen LogP contribution in [-0.2, 0) is 13.2 Å². The van der Waals surface area contributed by atoms with Crippen LogP contribution in [0.4, 0.5) is 5.82 Å². The van der Waals surface area contributed by atoms with Crippen molar-refractivity contribution in [3.8, 4) is 5.75 Å². The second-order valence-electron chi connectivity index (χ2n) is 6.52. The molecule has 0 aliphatic carbocycles. The zero-order valence-electron chi connectivity index (χ0n) is 16.1. The number of amides is 1. The molecule has 1 N–H and O–H groups in total. The van der Waals surface area contributed by atoms with Crippen molar-refractivity contribution >= 4 is 11.7 Å². The van der Waals surface area contributed by atoms with Gasteiger partial charge < -0.3 is 14.6 Å². The maximum absolute atomic E-state index is 12.6. The first-order valence-corrected chi connectivity index (χ1v) is 8.98. The van der Waals surface area contributed by atoms with Crippen LogP contribution in [0.15, 0.2) is 34.9 Å². The number of aryl methyl sites for hydroxylation is 4. The zero-order valence-corrected chi connectivity index (χ0v) is 16.1. The van der Waals surface area contributed by atoms with Gasteiger partial charge >= 0.3 is 0 Å². The predicted molar refractivity (Wildman–Crippen MR) is 102 cm³/mol. The minimum absolute atomic E-state index is 0.199. The minimum atomic E-state index is -0.365. The van der Waals surface area contributed by atoms with E-state index in [4.69, 9.17) is 9.26 Å². The summed E-state index contributed by atoms with van der Waals surface area (Å²) in [7, 11) is 0. The number of nitrogens with zero attached hydrogens (tertiary/aromatic N) is 3. The third kappa shape index (κ3) is 4.36. The van der Waals surface area contributed by atoms with Crippen LogP contribution in [0, 0.1) is 20.8 Å². The number of hydrogen-bond donors (Lipinski definition) is 1. The first-order valence-electron chi connectivity index (χ1n) is 8.98. The molecule has 0 saturated heterocycles. The Hall–Kier alpha value is -3.09. The summed E-state index contributed by atoms with van der Waals surface area (Å²) in [6.07, 6.45) is 0.971. The number of benzene rings is 1. The lowest BCUT2D eigenvalue weighted by Crippen LogP contribution is -2.16. The molecule has 3 rings (SSSR count). The lowest BCUT2D eigenvalue weighted by atomic mass is 10.2. The number of hydrogen-bond acceptors (Lipinski definition) is 5. The first-order chi connectivity index (χ1) is 13.0. The van der Waals surface area contributed by atoms with Crippen molar-refractivity contribution < 1.29 is 14.1 Å². The van der Waals surface area contributed by atoms with E-state index in [0.717, 1.165) is 30.0 Å². The van der Waals surface area contributed by atoms with E-state index < -0.39 is 0 Å². The summed E-state index contributed by atoms with van der Waals surface area (Å²) in [5, 5.41) is 11.1. The summed E-state index contributed by atoms with van der Waals surface area (Å²) >= 11 is 0. The van der Waals surface area contributed by atoms with Crippen molar-refractivity contribution in [2.75, 3.05) is 5.32 Å². The molecule has 0 aliphatic heterocycles. The Kier molecular flexibility index (Phi) is 5.59. The van der Waals surface area contributed by atoms with E-state index in [1.165, 1.54) is 0 Å². The van der Waals surface area contributed by atoms with Crippen LogP contribution >= 0.6 is 0 Å². The molecule has 27 heavy (non-hydrogen) atoms. The summed E-state index contributed by atoms with van der Waals surface area (Å²) in [6.45, 7) is 8.82. The second kappa shape index (κ2) is 8.07. The van der Waals surface area contributed by atoms with Gasteiger partial charge in [0.15, 0.2) is 11.5 Å². The minimum Gasteiger partial charge on any atom is -0.489 e. The van der Waals surface area contributed by atoms with E-state index in [1.54, 1.807) is 6.92 Å². The third-order valence-electron chi connectivity index (χ3n) is 4.26. The molecule has 3 aromatic rings. The van der Waals surface area contributed by atoms with Gasteiger partial charge in [-0.1, -0.05) is 29.8 Å². The van der Waals surface area contributed by atoms with Crippen LogP contribution in [0.1, 0.15) is 46.4 Å². The number of rotatable bonds is 7. The van der Waals surface area contributed by atoms with Crippen molar-refractivity contribution in [1.82, 2.24) is 14.9 Å². The van der Waals surface area contributed by atoms with Gasteiger partial charge in [0.05, 0.1) is 5.56 Å². The van der Waals surface area contributed by atoms with Gasteiger partial charge in [-0.2, -0.15) is 5.10 Å². The van der Waals surface area contributed by atoms with Crippen molar-refractivity contribution in [3.05, 3.63) is 58.6 Å². The molecular formula is C20H24N4O3. The molecule has 0 aliphatic rings. The van der Waals surface area contributed by atoms with Crippen LogP contribution in [-0.4, -0.2) is 20.8 Å². The second-order valence-corrected chi connectivity index (χ2v) is 6.52. The van der Waals surface area contributed by atoms with Crippen LogP contribution in [0.3, 0.4) is 0 Å². The van der Waals surface area contributed by atoms with E-state index in [1.807, 2.05) is 48.9 Å². The molecule has 0 fully saturated rings. The largest absolute Gasteiger partial charge is 0.489 e. The smallest absolute Gasteiger partial charge is 0.279 e. The van der Waals surface area contributed by atoms with Crippen LogP contribution < -0.4 is 10.1 Å². The molecule has 7 heteroatoms. The third-order valence-corrected chi connectivity index (χ3v) is 4.26. The number of ether oxygens (including phenoxy) is 1. The maximum atomic E-state index is 12.6. The van der Waals surface area contributed by atoms with E-state index in [9.17, 15) is 4.79 Å². The molecule has 1 amide bonds. The van der Waals surface area contributed by atoms with Crippen LogP contribution in [0.25, 0.3) is 0 Å². The highest BCUT2D eigenvalue weighted by Crippen LogP contribution is 2.19. The Morgan fingerprint density at radius 1 is 1.22 bits per heavy atom. The van der Waals surface area contributed by atoms with Gasteiger partial charge in [-0.05, 0) is 39.3 Å². The SMILES string of the molecule is CCCn1nc(NC(=O)c2noc(C)c2COc2ccc(C)cc2)cc1C.